The summed E-state index contributed by atoms with van der Waals surface area (Å²) in [6, 6.07) is 2.61. The van der Waals surface area contributed by atoms with Crippen molar-refractivity contribution in [3.63, 3.8) is 0 Å². The van der Waals surface area contributed by atoms with Crippen LogP contribution in [-0.4, -0.2) is 51.9 Å². The first-order chi connectivity index (χ1) is 12.6. The number of aromatic nitrogens is 3. The van der Waals surface area contributed by atoms with Crippen LogP contribution < -0.4 is 0 Å². The highest BCUT2D eigenvalue weighted by Gasteiger charge is 2.33. The maximum atomic E-state index is 5.59. The zero-order valence-corrected chi connectivity index (χ0v) is 16.3. The van der Waals surface area contributed by atoms with Gasteiger partial charge in [-0.1, -0.05) is 5.16 Å². The quantitative estimate of drug-likeness (QED) is 0.824. The Morgan fingerprint density at radius 2 is 2.08 bits per heavy atom. The van der Waals surface area contributed by atoms with Crippen molar-refractivity contribution in [3.8, 4) is 0 Å². The van der Waals surface area contributed by atoms with E-state index in [9.17, 15) is 0 Å². The van der Waals surface area contributed by atoms with Gasteiger partial charge in [-0.05, 0) is 64.7 Å². The standard InChI is InChI=1S/C20H31N5O/c1-23(14-17-16-8-4-5-9-19(16)26-22-17)13-15-7-6-12-24(2)20(15)18-10-11-21-25(18)3/h10-11,15,20H,4-9,12-14H2,1-3H3/t15-,20+/m0/s1. The minimum atomic E-state index is 0.435. The highest BCUT2D eigenvalue weighted by Crippen LogP contribution is 2.35. The predicted molar refractivity (Wildman–Crippen MR) is 101 cm³/mol. The third-order valence-corrected chi connectivity index (χ3v) is 6.17. The van der Waals surface area contributed by atoms with E-state index in [1.165, 1.54) is 36.9 Å². The molecule has 1 saturated heterocycles. The van der Waals surface area contributed by atoms with Crippen LogP contribution in [0.15, 0.2) is 16.8 Å². The number of hydrogen-bond donors (Lipinski definition) is 0. The van der Waals surface area contributed by atoms with Crippen molar-refractivity contribution in [1.29, 1.82) is 0 Å². The molecular formula is C20H31N5O. The zero-order chi connectivity index (χ0) is 18.1. The van der Waals surface area contributed by atoms with Crippen molar-refractivity contribution >= 4 is 0 Å². The molecule has 2 aromatic heterocycles. The zero-order valence-electron chi connectivity index (χ0n) is 16.3. The molecule has 2 aliphatic rings. The van der Waals surface area contributed by atoms with E-state index in [1.807, 2.05) is 10.9 Å². The van der Waals surface area contributed by atoms with E-state index in [2.05, 4.69) is 47.3 Å². The summed E-state index contributed by atoms with van der Waals surface area (Å²) in [5.74, 6) is 1.74. The molecule has 0 radical (unpaired) electrons. The minimum absolute atomic E-state index is 0.435. The fraction of sp³-hybridized carbons (Fsp3) is 0.700. The number of aryl methyl sites for hydroxylation is 2. The summed E-state index contributed by atoms with van der Waals surface area (Å²) in [6.45, 7) is 3.12. The molecule has 6 heteroatoms. The van der Waals surface area contributed by atoms with Gasteiger partial charge < -0.3 is 9.42 Å². The van der Waals surface area contributed by atoms with Gasteiger partial charge in [0.1, 0.15) is 11.5 Å². The lowest BCUT2D eigenvalue weighted by Gasteiger charge is -2.40. The van der Waals surface area contributed by atoms with Crippen molar-refractivity contribution in [3.05, 3.63) is 35.0 Å². The molecule has 0 unspecified atom stereocenters. The Balaban J connectivity index is 1.46. The number of nitrogens with zero attached hydrogens (tertiary/aromatic N) is 5. The van der Waals surface area contributed by atoms with Crippen LogP contribution in [0.3, 0.4) is 0 Å². The highest BCUT2D eigenvalue weighted by atomic mass is 16.5. The number of rotatable bonds is 5. The van der Waals surface area contributed by atoms with E-state index < -0.39 is 0 Å². The fourth-order valence-electron chi connectivity index (χ4n) is 4.89. The summed E-state index contributed by atoms with van der Waals surface area (Å²) in [5, 5.41) is 8.79. The molecule has 1 aliphatic carbocycles. The predicted octanol–water partition coefficient (Wildman–Crippen LogP) is 2.80. The number of fused-ring (bicyclic) bond motifs is 1. The first-order valence-corrected chi connectivity index (χ1v) is 9.96. The lowest BCUT2D eigenvalue weighted by molar-refractivity contribution is 0.0866. The summed E-state index contributed by atoms with van der Waals surface area (Å²) in [5.41, 5.74) is 3.86. The van der Waals surface area contributed by atoms with Gasteiger partial charge in [-0.3, -0.25) is 9.58 Å². The molecule has 4 rings (SSSR count). The lowest BCUT2D eigenvalue weighted by atomic mass is 9.86. The van der Waals surface area contributed by atoms with Gasteiger partial charge in [0.15, 0.2) is 0 Å². The van der Waals surface area contributed by atoms with E-state index in [0.29, 0.717) is 12.0 Å². The van der Waals surface area contributed by atoms with E-state index in [-0.39, 0.29) is 0 Å². The third-order valence-electron chi connectivity index (χ3n) is 6.17. The van der Waals surface area contributed by atoms with Crippen LogP contribution in [0, 0.1) is 5.92 Å². The second-order valence-corrected chi connectivity index (χ2v) is 8.14. The largest absolute Gasteiger partial charge is 0.361 e. The first-order valence-electron chi connectivity index (χ1n) is 9.96. The highest BCUT2D eigenvalue weighted by molar-refractivity contribution is 5.25. The van der Waals surface area contributed by atoms with Gasteiger partial charge in [-0.15, -0.1) is 0 Å². The monoisotopic (exact) mass is 357 g/mol. The van der Waals surface area contributed by atoms with Crippen LogP contribution in [0.4, 0.5) is 0 Å². The second kappa shape index (κ2) is 7.53. The molecule has 2 atom stereocenters. The van der Waals surface area contributed by atoms with Crippen molar-refractivity contribution in [2.24, 2.45) is 13.0 Å². The molecule has 1 aliphatic heterocycles. The Morgan fingerprint density at radius 1 is 1.23 bits per heavy atom. The van der Waals surface area contributed by atoms with Crippen LogP contribution in [0.25, 0.3) is 0 Å². The summed E-state index contributed by atoms with van der Waals surface area (Å²) in [7, 11) is 6.52. The Bertz CT molecular complexity index is 736. The number of hydrogen-bond acceptors (Lipinski definition) is 5. The molecule has 26 heavy (non-hydrogen) atoms. The average molecular weight is 358 g/mol. The van der Waals surface area contributed by atoms with Gasteiger partial charge in [-0.25, -0.2) is 0 Å². The molecular weight excluding hydrogens is 326 g/mol. The summed E-state index contributed by atoms with van der Waals surface area (Å²) in [4.78, 5) is 4.93. The van der Waals surface area contributed by atoms with Gasteiger partial charge >= 0.3 is 0 Å². The summed E-state index contributed by atoms with van der Waals surface area (Å²) < 4.78 is 7.63. The number of likely N-dealkylation sites (tertiary alicyclic amines) is 1. The van der Waals surface area contributed by atoms with Crippen LogP contribution in [0.5, 0.6) is 0 Å². The maximum Gasteiger partial charge on any atom is 0.140 e. The fourth-order valence-corrected chi connectivity index (χ4v) is 4.89. The van der Waals surface area contributed by atoms with Gasteiger partial charge in [0.25, 0.3) is 0 Å². The normalized spacial score (nSPS) is 24.2. The molecule has 1 fully saturated rings. The molecule has 6 nitrogen and oxygen atoms in total. The summed E-state index contributed by atoms with van der Waals surface area (Å²) >= 11 is 0. The van der Waals surface area contributed by atoms with Gasteiger partial charge in [-0.2, -0.15) is 5.10 Å². The smallest absolute Gasteiger partial charge is 0.140 e. The molecule has 0 spiro atoms. The Hall–Kier alpha value is -1.66. The summed E-state index contributed by atoms with van der Waals surface area (Å²) in [6.07, 6.45) is 9.14. The number of piperidine rings is 1. The van der Waals surface area contributed by atoms with Crippen LogP contribution >= 0.6 is 0 Å². The average Bonchev–Trinajstić information content (AvgIpc) is 3.22. The van der Waals surface area contributed by atoms with Crippen LogP contribution in [-0.2, 0) is 26.4 Å². The van der Waals surface area contributed by atoms with Crippen LogP contribution in [0.1, 0.15) is 54.4 Å². The molecule has 3 heterocycles. The van der Waals surface area contributed by atoms with Crippen molar-refractivity contribution < 1.29 is 4.52 Å². The van der Waals surface area contributed by atoms with E-state index in [0.717, 1.165) is 43.9 Å². The van der Waals surface area contributed by atoms with Gasteiger partial charge in [0.2, 0.25) is 0 Å². The van der Waals surface area contributed by atoms with Crippen molar-refractivity contribution in [1.82, 2.24) is 24.7 Å². The van der Waals surface area contributed by atoms with Gasteiger partial charge in [0, 0.05) is 38.3 Å². The molecule has 0 aromatic carbocycles. The van der Waals surface area contributed by atoms with E-state index in [4.69, 9.17) is 4.52 Å². The van der Waals surface area contributed by atoms with Gasteiger partial charge in [0.05, 0.1) is 11.7 Å². The van der Waals surface area contributed by atoms with E-state index in [1.54, 1.807) is 0 Å². The topological polar surface area (TPSA) is 50.3 Å². The van der Waals surface area contributed by atoms with E-state index >= 15 is 0 Å². The SMILES string of the molecule is CN(Cc1noc2c1CCCC2)C[C@@H]1CCCN(C)[C@H]1c1ccnn1C. The van der Waals surface area contributed by atoms with Crippen molar-refractivity contribution in [2.45, 2.75) is 51.1 Å². The molecule has 0 amide bonds. The molecule has 142 valence electrons. The minimum Gasteiger partial charge on any atom is -0.361 e. The Kier molecular flexibility index (Phi) is 5.14. The Morgan fingerprint density at radius 3 is 2.88 bits per heavy atom. The molecule has 0 saturated carbocycles. The molecule has 0 N–H and O–H groups in total. The third kappa shape index (κ3) is 3.45. The first kappa shape index (κ1) is 17.7. The van der Waals surface area contributed by atoms with Crippen LogP contribution in [0.2, 0.25) is 0 Å². The molecule has 2 aromatic rings. The second-order valence-electron chi connectivity index (χ2n) is 8.14. The maximum absolute atomic E-state index is 5.59. The molecule has 0 bridgehead atoms. The Labute approximate surface area is 156 Å². The lowest BCUT2D eigenvalue weighted by Crippen LogP contribution is -2.41. The van der Waals surface area contributed by atoms with Crippen molar-refractivity contribution in [2.75, 3.05) is 27.2 Å².